The summed E-state index contributed by atoms with van der Waals surface area (Å²) in [6, 6.07) is 0. The predicted octanol–water partition coefficient (Wildman–Crippen LogP) is 0.335. The van der Waals surface area contributed by atoms with Crippen molar-refractivity contribution in [2.24, 2.45) is 5.92 Å². The highest BCUT2D eigenvalue weighted by Crippen LogP contribution is 2.24. The normalized spacial score (nSPS) is 26.4. The minimum Gasteiger partial charge on any atom is -0.370 e. The summed E-state index contributed by atoms with van der Waals surface area (Å²) in [6.07, 6.45) is 6.89. The predicted molar refractivity (Wildman–Crippen MR) is 64.6 cm³/mol. The van der Waals surface area contributed by atoms with Crippen LogP contribution in [0, 0.1) is 5.92 Å². The van der Waals surface area contributed by atoms with Gasteiger partial charge in [-0.05, 0) is 18.8 Å². The van der Waals surface area contributed by atoms with Crippen molar-refractivity contribution < 1.29 is 9.90 Å². The van der Waals surface area contributed by atoms with Gasteiger partial charge in [-0.3, -0.25) is 4.79 Å². The van der Waals surface area contributed by atoms with Gasteiger partial charge >= 0.3 is 0 Å². The summed E-state index contributed by atoms with van der Waals surface area (Å²) < 4.78 is 0. The van der Waals surface area contributed by atoms with Crippen LogP contribution in [0.15, 0.2) is 11.9 Å². The van der Waals surface area contributed by atoms with E-state index in [1.165, 1.54) is 38.2 Å². The Balaban J connectivity index is 1.88. The van der Waals surface area contributed by atoms with Crippen LogP contribution in [0.3, 0.4) is 0 Å². The molecular weight excluding hydrogens is 218 g/mol. The van der Waals surface area contributed by atoms with Crippen LogP contribution in [0.25, 0.3) is 0 Å². The number of carbonyl (C=O) groups excluding carboxylic acids is 1. The van der Waals surface area contributed by atoms with Gasteiger partial charge < -0.3 is 15.4 Å². The molecule has 1 aliphatic heterocycles. The summed E-state index contributed by atoms with van der Waals surface area (Å²) in [7, 11) is 1.97. The number of ketones is 1. The maximum absolute atomic E-state index is 11.3. The van der Waals surface area contributed by atoms with Crippen LogP contribution in [0.1, 0.15) is 32.1 Å². The molecule has 0 radical (unpaired) electrons. The lowest BCUT2D eigenvalue weighted by atomic mass is 9.89. The summed E-state index contributed by atoms with van der Waals surface area (Å²) in [5, 5.41) is 9.21. The van der Waals surface area contributed by atoms with Gasteiger partial charge in [0.15, 0.2) is 6.23 Å². The van der Waals surface area contributed by atoms with E-state index in [1.807, 2.05) is 11.9 Å². The van der Waals surface area contributed by atoms with Crippen molar-refractivity contribution in [3.05, 3.63) is 11.9 Å². The molecule has 3 N–H and O–H groups in total. The molecule has 0 amide bonds. The van der Waals surface area contributed by atoms with E-state index in [1.54, 1.807) is 0 Å². The standard InChI is InChI=1S/C12H21N3O2/c1-15(8-9-5-3-2-4-6-9)11-7-10(16)12(17)14-13-11/h7,9,12-14,17H,2-6,8H2,1H3. The van der Waals surface area contributed by atoms with Crippen LogP contribution in [-0.2, 0) is 4.79 Å². The Morgan fingerprint density at radius 2 is 2.12 bits per heavy atom. The van der Waals surface area contributed by atoms with Crippen molar-refractivity contribution in [2.45, 2.75) is 38.3 Å². The number of hydrogen-bond donors (Lipinski definition) is 3. The van der Waals surface area contributed by atoms with E-state index in [4.69, 9.17) is 0 Å². The number of carbonyl (C=O) groups is 1. The second kappa shape index (κ2) is 5.51. The number of aliphatic hydroxyl groups excluding tert-OH is 1. The molecule has 2 aliphatic rings. The van der Waals surface area contributed by atoms with Gasteiger partial charge in [0.25, 0.3) is 0 Å². The molecule has 5 heteroatoms. The first kappa shape index (κ1) is 12.4. The topological polar surface area (TPSA) is 64.6 Å². The molecule has 0 aromatic rings. The van der Waals surface area contributed by atoms with Gasteiger partial charge in [-0.1, -0.05) is 19.3 Å². The molecular formula is C12H21N3O2. The summed E-state index contributed by atoms with van der Waals surface area (Å²) in [5.74, 6) is 1.17. The number of nitrogens with zero attached hydrogens (tertiary/aromatic N) is 1. The minimum absolute atomic E-state index is 0.297. The molecule has 1 atom stereocenters. The summed E-state index contributed by atoms with van der Waals surface area (Å²) in [4.78, 5) is 13.4. The first-order valence-electron chi connectivity index (χ1n) is 6.33. The number of nitrogens with one attached hydrogen (secondary N) is 2. The lowest BCUT2D eigenvalue weighted by Gasteiger charge is -2.32. The first-order chi connectivity index (χ1) is 8.16. The quantitative estimate of drug-likeness (QED) is 0.662. The smallest absolute Gasteiger partial charge is 0.204 e. The van der Waals surface area contributed by atoms with E-state index in [2.05, 4.69) is 10.9 Å². The van der Waals surface area contributed by atoms with Crippen molar-refractivity contribution in [3.8, 4) is 0 Å². The van der Waals surface area contributed by atoms with E-state index in [0.29, 0.717) is 0 Å². The van der Waals surface area contributed by atoms with Crippen molar-refractivity contribution in [2.75, 3.05) is 13.6 Å². The fourth-order valence-electron chi connectivity index (χ4n) is 2.52. The Morgan fingerprint density at radius 1 is 1.41 bits per heavy atom. The molecule has 1 fully saturated rings. The van der Waals surface area contributed by atoms with Crippen LogP contribution >= 0.6 is 0 Å². The van der Waals surface area contributed by atoms with Crippen molar-refractivity contribution in [1.29, 1.82) is 0 Å². The van der Waals surface area contributed by atoms with E-state index >= 15 is 0 Å². The van der Waals surface area contributed by atoms with Crippen molar-refractivity contribution in [3.63, 3.8) is 0 Å². The SMILES string of the molecule is CN(CC1CCCCC1)C1=CC(=O)C(O)NN1. The van der Waals surface area contributed by atoms with Crippen molar-refractivity contribution in [1.82, 2.24) is 15.8 Å². The Bertz CT molecular complexity index is 311. The highest BCUT2D eigenvalue weighted by atomic mass is 16.3. The molecule has 96 valence electrons. The average Bonchev–Trinajstić information content (AvgIpc) is 2.34. The maximum atomic E-state index is 11.3. The molecule has 1 heterocycles. The van der Waals surface area contributed by atoms with Crippen molar-refractivity contribution >= 4 is 5.78 Å². The molecule has 1 saturated carbocycles. The summed E-state index contributed by atoms with van der Waals surface area (Å²) >= 11 is 0. The zero-order chi connectivity index (χ0) is 12.3. The van der Waals surface area contributed by atoms with E-state index in [-0.39, 0.29) is 5.78 Å². The maximum Gasteiger partial charge on any atom is 0.204 e. The van der Waals surface area contributed by atoms with Gasteiger partial charge in [-0.25, -0.2) is 5.43 Å². The number of hydrogen-bond acceptors (Lipinski definition) is 5. The molecule has 1 aliphatic carbocycles. The van der Waals surface area contributed by atoms with Crippen LogP contribution < -0.4 is 10.9 Å². The Labute approximate surface area is 102 Å². The summed E-state index contributed by atoms with van der Waals surface area (Å²) in [6.45, 7) is 0.962. The molecule has 2 rings (SSSR count). The molecule has 0 saturated heterocycles. The van der Waals surface area contributed by atoms with Crippen LogP contribution in [0.5, 0.6) is 0 Å². The van der Waals surface area contributed by atoms with Crippen LogP contribution in [-0.4, -0.2) is 35.6 Å². The molecule has 0 spiro atoms. The Hall–Kier alpha value is -1.07. The Morgan fingerprint density at radius 3 is 2.76 bits per heavy atom. The minimum atomic E-state index is -1.12. The first-order valence-corrected chi connectivity index (χ1v) is 6.33. The van der Waals surface area contributed by atoms with E-state index < -0.39 is 6.23 Å². The zero-order valence-corrected chi connectivity index (χ0v) is 10.3. The molecule has 17 heavy (non-hydrogen) atoms. The lowest BCUT2D eigenvalue weighted by molar-refractivity contribution is -0.125. The number of aliphatic hydroxyl groups is 1. The number of rotatable bonds is 3. The third-order valence-electron chi connectivity index (χ3n) is 3.55. The zero-order valence-electron chi connectivity index (χ0n) is 10.3. The largest absolute Gasteiger partial charge is 0.370 e. The Kier molecular flexibility index (Phi) is 4.02. The lowest BCUT2D eigenvalue weighted by Crippen LogP contribution is -2.52. The fraction of sp³-hybridized carbons (Fsp3) is 0.750. The second-order valence-electron chi connectivity index (χ2n) is 4.99. The third kappa shape index (κ3) is 3.20. The van der Waals surface area contributed by atoms with E-state index in [0.717, 1.165) is 18.3 Å². The van der Waals surface area contributed by atoms with Gasteiger partial charge in [-0.15, -0.1) is 0 Å². The highest BCUT2D eigenvalue weighted by molar-refractivity contribution is 5.94. The number of hydrazine groups is 1. The average molecular weight is 239 g/mol. The summed E-state index contributed by atoms with van der Waals surface area (Å²) in [5.41, 5.74) is 5.40. The van der Waals surface area contributed by atoms with E-state index in [9.17, 15) is 9.90 Å². The van der Waals surface area contributed by atoms with Gasteiger partial charge in [-0.2, -0.15) is 0 Å². The van der Waals surface area contributed by atoms with Gasteiger partial charge in [0.2, 0.25) is 5.78 Å². The molecule has 0 aromatic heterocycles. The third-order valence-corrected chi connectivity index (χ3v) is 3.55. The molecule has 1 unspecified atom stereocenters. The van der Waals surface area contributed by atoms with Gasteiger partial charge in [0, 0.05) is 19.7 Å². The van der Waals surface area contributed by atoms with Crippen LogP contribution in [0.4, 0.5) is 0 Å². The second-order valence-corrected chi connectivity index (χ2v) is 4.99. The highest BCUT2D eigenvalue weighted by Gasteiger charge is 2.22. The molecule has 0 aromatic carbocycles. The van der Waals surface area contributed by atoms with Gasteiger partial charge in [0.05, 0.1) is 0 Å². The molecule has 5 nitrogen and oxygen atoms in total. The van der Waals surface area contributed by atoms with Crippen LogP contribution in [0.2, 0.25) is 0 Å². The fourth-order valence-corrected chi connectivity index (χ4v) is 2.52. The monoisotopic (exact) mass is 239 g/mol. The molecule has 0 bridgehead atoms. The van der Waals surface area contributed by atoms with Gasteiger partial charge in [0.1, 0.15) is 5.82 Å².